The third-order valence-electron chi connectivity index (χ3n) is 4.89. The van der Waals surface area contributed by atoms with Gasteiger partial charge >= 0.3 is 0 Å². The third kappa shape index (κ3) is 2.67. The Labute approximate surface area is 134 Å². The number of benzene rings is 1. The number of fused-ring (bicyclic) bond motifs is 1. The van der Waals surface area contributed by atoms with Crippen LogP contribution in [0.15, 0.2) is 18.2 Å². The molecular formula is C17H21NO5. The number of hydrogen-bond donors (Lipinski definition) is 2. The molecule has 0 radical (unpaired) electrons. The van der Waals surface area contributed by atoms with Crippen molar-refractivity contribution in [3.63, 3.8) is 0 Å². The fourth-order valence-electron chi connectivity index (χ4n) is 3.66. The molecule has 1 aliphatic heterocycles. The molecule has 3 atom stereocenters. The van der Waals surface area contributed by atoms with Crippen LogP contribution in [0.5, 0.6) is 11.5 Å². The number of carbonyl (C=O) groups is 2. The fraction of sp³-hybridized carbons (Fsp3) is 0.529. The SMILES string of the molecule is CCNC(=O)C1C2CCOC[C@]21COc1cccc(O)c1C=O. The van der Waals surface area contributed by atoms with Gasteiger partial charge in [0.05, 0.1) is 24.7 Å². The van der Waals surface area contributed by atoms with E-state index in [9.17, 15) is 14.7 Å². The summed E-state index contributed by atoms with van der Waals surface area (Å²) in [5.74, 6) is 0.405. The molecule has 2 unspecified atom stereocenters. The van der Waals surface area contributed by atoms with E-state index in [4.69, 9.17) is 9.47 Å². The van der Waals surface area contributed by atoms with Crippen LogP contribution in [-0.4, -0.2) is 43.7 Å². The summed E-state index contributed by atoms with van der Waals surface area (Å²) in [4.78, 5) is 23.4. The normalized spacial score (nSPS) is 28.6. The molecule has 6 heteroatoms. The van der Waals surface area contributed by atoms with Gasteiger partial charge in [-0.2, -0.15) is 0 Å². The monoisotopic (exact) mass is 319 g/mol. The van der Waals surface area contributed by atoms with Crippen molar-refractivity contribution in [2.24, 2.45) is 17.3 Å². The number of nitrogens with one attached hydrogen (secondary N) is 1. The minimum absolute atomic E-state index is 0.0399. The summed E-state index contributed by atoms with van der Waals surface area (Å²) < 4.78 is 11.4. The topological polar surface area (TPSA) is 84.9 Å². The second-order valence-corrected chi connectivity index (χ2v) is 6.15. The Morgan fingerprint density at radius 3 is 3.13 bits per heavy atom. The minimum Gasteiger partial charge on any atom is -0.507 e. The molecular weight excluding hydrogens is 298 g/mol. The van der Waals surface area contributed by atoms with Gasteiger partial charge in [0.15, 0.2) is 6.29 Å². The molecule has 2 fully saturated rings. The van der Waals surface area contributed by atoms with Crippen LogP contribution in [0, 0.1) is 17.3 Å². The van der Waals surface area contributed by atoms with Crippen LogP contribution < -0.4 is 10.1 Å². The minimum atomic E-state index is -0.330. The number of aromatic hydroxyl groups is 1. The highest BCUT2D eigenvalue weighted by Crippen LogP contribution is 2.62. The summed E-state index contributed by atoms with van der Waals surface area (Å²) in [6.07, 6.45) is 1.41. The van der Waals surface area contributed by atoms with Gasteiger partial charge < -0.3 is 19.9 Å². The average molecular weight is 319 g/mol. The smallest absolute Gasteiger partial charge is 0.224 e. The quantitative estimate of drug-likeness (QED) is 0.774. The van der Waals surface area contributed by atoms with E-state index in [0.717, 1.165) is 6.42 Å². The van der Waals surface area contributed by atoms with Crippen molar-refractivity contribution in [2.45, 2.75) is 13.3 Å². The molecule has 1 heterocycles. The highest BCUT2D eigenvalue weighted by Gasteiger charge is 2.69. The van der Waals surface area contributed by atoms with E-state index in [-0.39, 0.29) is 34.5 Å². The lowest BCUT2D eigenvalue weighted by Gasteiger charge is -2.23. The molecule has 1 amide bonds. The lowest BCUT2D eigenvalue weighted by Crippen LogP contribution is -2.32. The van der Waals surface area contributed by atoms with Crippen LogP contribution in [0.25, 0.3) is 0 Å². The number of ether oxygens (including phenoxy) is 2. The van der Waals surface area contributed by atoms with E-state index >= 15 is 0 Å². The molecule has 0 aromatic heterocycles. The Morgan fingerprint density at radius 1 is 1.57 bits per heavy atom. The summed E-state index contributed by atoms with van der Waals surface area (Å²) in [6.45, 7) is 3.93. The summed E-state index contributed by atoms with van der Waals surface area (Å²) in [6, 6.07) is 4.71. The molecule has 1 aromatic rings. The third-order valence-corrected chi connectivity index (χ3v) is 4.89. The lowest BCUT2D eigenvalue weighted by molar-refractivity contribution is -0.123. The molecule has 0 spiro atoms. The molecule has 2 N–H and O–H groups in total. The molecule has 0 bridgehead atoms. The lowest BCUT2D eigenvalue weighted by atomic mass is 10.0. The number of aldehydes is 1. The molecule has 3 rings (SSSR count). The van der Waals surface area contributed by atoms with Gasteiger partial charge in [-0.1, -0.05) is 6.07 Å². The van der Waals surface area contributed by atoms with E-state index < -0.39 is 0 Å². The Bertz CT molecular complexity index is 617. The van der Waals surface area contributed by atoms with Gasteiger partial charge in [-0.3, -0.25) is 9.59 Å². The van der Waals surface area contributed by atoms with Gasteiger partial charge in [0.25, 0.3) is 0 Å². The van der Waals surface area contributed by atoms with E-state index in [2.05, 4.69) is 5.32 Å². The van der Waals surface area contributed by atoms with Crippen molar-refractivity contribution in [2.75, 3.05) is 26.4 Å². The number of amides is 1. The molecule has 1 saturated carbocycles. The zero-order chi connectivity index (χ0) is 16.4. The molecule has 6 nitrogen and oxygen atoms in total. The van der Waals surface area contributed by atoms with Crippen molar-refractivity contribution >= 4 is 12.2 Å². The predicted molar refractivity (Wildman–Crippen MR) is 82.5 cm³/mol. The van der Waals surface area contributed by atoms with E-state index in [1.807, 2.05) is 6.92 Å². The van der Waals surface area contributed by atoms with Crippen LogP contribution in [0.4, 0.5) is 0 Å². The van der Waals surface area contributed by atoms with E-state index in [1.54, 1.807) is 12.1 Å². The van der Waals surface area contributed by atoms with Crippen LogP contribution in [0.1, 0.15) is 23.7 Å². The van der Waals surface area contributed by atoms with Gasteiger partial charge in [0, 0.05) is 18.6 Å². The van der Waals surface area contributed by atoms with Crippen LogP contribution in [0.3, 0.4) is 0 Å². The second-order valence-electron chi connectivity index (χ2n) is 6.15. The summed E-state index contributed by atoms with van der Waals surface area (Å²) in [5, 5.41) is 12.6. The number of phenolic OH excluding ortho intramolecular Hbond substituents is 1. The van der Waals surface area contributed by atoms with Crippen LogP contribution in [-0.2, 0) is 9.53 Å². The predicted octanol–water partition coefficient (Wildman–Crippen LogP) is 1.37. The Morgan fingerprint density at radius 2 is 2.39 bits per heavy atom. The summed E-state index contributed by atoms with van der Waals surface area (Å²) in [7, 11) is 0. The second kappa shape index (κ2) is 6.20. The standard InChI is InChI=1S/C17H21NO5/c1-2-18-16(21)15-12-6-7-22-9-17(12,15)10-23-14-5-3-4-13(20)11(14)8-19/h3-5,8,12,15,20H,2,6-7,9-10H2,1H3,(H,18,21)/t12?,15?,17-/m0/s1. The number of carbonyl (C=O) groups excluding carboxylic acids is 2. The first kappa shape index (κ1) is 15.8. The van der Waals surface area contributed by atoms with E-state index in [1.165, 1.54) is 6.07 Å². The van der Waals surface area contributed by atoms with E-state index in [0.29, 0.717) is 38.4 Å². The number of rotatable bonds is 6. The Kier molecular flexibility index (Phi) is 4.26. The maximum Gasteiger partial charge on any atom is 0.224 e. The van der Waals surface area contributed by atoms with Crippen molar-refractivity contribution in [3.8, 4) is 11.5 Å². The van der Waals surface area contributed by atoms with Crippen molar-refractivity contribution in [1.82, 2.24) is 5.32 Å². The number of hydrogen-bond acceptors (Lipinski definition) is 5. The van der Waals surface area contributed by atoms with Gasteiger partial charge in [0.2, 0.25) is 5.91 Å². The molecule has 1 saturated heterocycles. The van der Waals surface area contributed by atoms with Crippen molar-refractivity contribution in [1.29, 1.82) is 0 Å². The first-order valence-electron chi connectivity index (χ1n) is 7.89. The first-order chi connectivity index (χ1) is 11.1. The van der Waals surface area contributed by atoms with Gasteiger partial charge in [-0.25, -0.2) is 0 Å². The molecule has 124 valence electrons. The Hall–Kier alpha value is -2.08. The molecule has 1 aliphatic carbocycles. The van der Waals surface area contributed by atoms with Crippen LogP contribution in [0.2, 0.25) is 0 Å². The maximum absolute atomic E-state index is 12.2. The van der Waals surface area contributed by atoms with Gasteiger partial charge in [-0.15, -0.1) is 0 Å². The highest BCUT2D eigenvalue weighted by atomic mass is 16.5. The van der Waals surface area contributed by atoms with Gasteiger partial charge in [-0.05, 0) is 31.4 Å². The molecule has 1 aromatic carbocycles. The van der Waals surface area contributed by atoms with Crippen LogP contribution >= 0.6 is 0 Å². The largest absolute Gasteiger partial charge is 0.507 e. The zero-order valence-corrected chi connectivity index (χ0v) is 13.1. The van der Waals surface area contributed by atoms with Crippen molar-refractivity contribution < 1.29 is 24.2 Å². The fourth-order valence-corrected chi connectivity index (χ4v) is 3.66. The zero-order valence-electron chi connectivity index (χ0n) is 13.1. The Balaban J connectivity index is 1.75. The summed E-state index contributed by atoms with van der Waals surface area (Å²) in [5.41, 5.74) is -0.198. The maximum atomic E-state index is 12.2. The number of phenols is 1. The highest BCUT2D eigenvalue weighted by molar-refractivity contribution is 5.84. The van der Waals surface area contributed by atoms with Gasteiger partial charge in [0.1, 0.15) is 11.5 Å². The molecule has 2 aliphatic rings. The summed E-state index contributed by atoms with van der Waals surface area (Å²) >= 11 is 0. The first-order valence-corrected chi connectivity index (χ1v) is 7.89. The molecule has 23 heavy (non-hydrogen) atoms. The van der Waals surface area contributed by atoms with Crippen molar-refractivity contribution in [3.05, 3.63) is 23.8 Å². The average Bonchev–Trinajstić information content (AvgIpc) is 3.22.